The molecule has 0 N–H and O–H groups in total. The third-order valence-electron chi connectivity index (χ3n) is 5.30. The fourth-order valence-corrected chi connectivity index (χ4v) is 3.80. The Morgan fingerprint density at radius 1 is 1.07 bits per heavy atom. The lowest BCUT2D eigenvalue weighted by atomic mass is 10.0. The molecule has 3 aromatic rings. The molecule has 1 aliphatic heterocycles. The van der Waals surface area contributed by atoms with Gasteiger partial charge in [-0.1, -0.05) is 18.2 Å². The molecule has 154 valence electrons. The Labute approximate surface area is 174 Å². The van der Waals surface area contributed by atoms with Gasteiger partial charge in [0.2, 0.25) is 0 Å². The average Bonchev–Trinajstić information content (AvgIpc) is 2.99. The number of para-hydroxylation sites is 1. The molecule has 8 nitrogen and oxygen atoms in total. The first kappa shape index (κ1) is 19.8. The quantitative estimate of drug-likeness (QED) is 0.653. The number of anilines is 1. The van der Waals surface area contributed by atoms with E-state index in [1.807, 2.05) is 23.1 Å². The molecule has 30 heavy (non-hydrogen) atoms. The van der Waals surface area contributed by atoms with Crippen LogP contribution in [0.25, 0.3) is 0 Å². The van der Waals surface area contributed by atoms with Crippen molar-refractivity contribution in [2.24, 2.45) is 13.0 Å². The first-order valence-corrected chi connectivity index (χ1v) is 9.98. The summed E-state index contributed by atoms with van der Waals surface area (Å²) in [5.41, 5.74) is 2.09. The van der Waals surface area contributed by atoms with Crippen LogP contribution in [-0.2, 0) is 13.5 Å². The number of aromatic nitrogens is 4. The molecule has 3 heterocycles. The molecule has 0 unspecified atom stereocenters. The second kappa shape index (κ2) is 8.86. The topological polar surface area (TPSA) is 84.2 Å². The summed E-state index contributed by atoms with van der Waals surface area (Å²) in [6, 6.07) is 13.1. The molecule has 0 saturated carbocycles. The highest BCUT2D eigenvalue weighted by molar-refractivity contribution is 5.92. The van der Waals surface area contributed by atoms with E-state index in [2.05, 4.69) is 32.1 Å². The van der Waals surface area contributed by atoms with E-state index in [1.54, 1.807) is 25.6 Å². The SMILES string of the molecule is Cn1nc(C(=O)N2CCN(c3ccccc3)C[C@@H](Cc3cnccn3)C2)ccc1=O. The van der Waals surface area contributed by atoms with Crippen molar-refractivity contribution in [3.05, 3.63) is 82.8 Å². The predicted molar refractivity (Wildman–Crippen MR) is 113 cm³/mol. The van der Waals surface area contributed by atoms with Crippen molar-refractivity contribution in [3.8, 4) is 0 Å². The van der Waals surface area contributed by atoms with Gasteiger partial charge >= 0.3 is 0 Å². The van der Waals surface area contributed by atoms with Crippen LogP contribution < -0.4 is 10.5 Å². The molecule has 8 heteroatoms. The highest BCUT2D eigenvalue weighted by atomic mass is 16.2. The molecular formula is C22H24N6O2. The second-order valence-electron chi connectivity index (χ2n) is 7.48. The lowest BCUT2D eigenvalue weighted by molar-refractivity contribution is 0.0738. The van der Waals surface area contributed by atoms with E-state index in [0.29, 0.717) is 13.1 Å². The van der Waals surface area contributed by atoms with Crippen LogP contribution in [0.4, 0.5) is 5.69 Å². The van der Waals surface area contributed by atoms with Gasteiger partial charge in [0.05, 0.1) is 5.69 Å². The van der Waals surface area contributed by atoms with E-state index in [4.69, 9.17) is 0 Å². The van der Waals surface area contributed by atoms with Crippen LogP contribution in [0.2, 0.25) is 0 Å². The molecule has 1 amide bonds. The fraction of sp³-hybridized carbons (Fsp3) is 0.318. The van der Waals surface area contributed by atoms with Crippen molar-refractivity contribution >= 4 is 11.6 Å². The maximum Gasteiger partial charge on any atom is 0.274 e. The maximum absolute atomic E-state index is 13.2. The summed E-state index contributed by atoms with van der Waals surface area (Å²) in [7, 11) is 1.55. The van der Waals surface area contributed by atoms with E-state index >= 15 is 0 Å². The zero-order chi connectivity index (χ0) is 20.9. The van der Waals surface area contributed by atoms with Gasteiger partial charge in [0.25, 0.3) is 11.5 Å². The number of carbonyl (C=O) groups excluding carboxylic acids is 1. The minimum Gasteiger partial charge on any atom is -0.369 e. The highest BCUT2D eigenvalue weighted by Gasteiger charge is 2.28. The summed E-state index contributed by atoms with van der Waals surface area (Å²) in [5, 5.41) is 4.14. The molecule has 0 bridgehead atoms. The number of amides is 1. The number of hydrogen-bond acceptors (Lipinski definition) is 6. The summed E-state index contributed by atoms with van der Waals surface area (Å²) >= 11 is 0. The first-order valence-electron chi connectivity index (χ1n) is 9.98. The minimum absolute atomic E-state index is 0.162. The van der Waals surface area contributed by atoms with Gasteiger partial charge in [0.1, 0.15) is 5.69 Å². The van der Waals surface area contributed by atoms with Gasteiger partial charge in [-0.25, -0.2) is 4.68 Å². The molecule has 4 rings (SSSR count). The smallest absolute Gasteiger partial charge is 0.274 e. The van der Waals surface area contributed by atoms with Crippen LogP contribution in [0.1, 0.15) is 16.2 Å². The molecule has 1 atom stereocenters. The van der Waals surface area contributed by atoms with E-state index in [9.17, 15) is 9.59 Å². The maximum atomic E-state index is 13.2. The van der Waals surface area contributed by atoms with E-state index < -0.39 is 0 Å². The van der Waals surface area contributed by atoms with Crippen LogP contribution in [0.15, 0.2) is 65.8 Å². The molecule has 1 aliphatic rings. The van der Waals surface area contributed by atoms with Gasteiger partial charge in [-0.3, -0.25) is 19.6 Å². The van der Waals surface area contributed by atoms with Gasteiger partial charge < -0.3 is 9.80 Å². The van der Waals surface area contributed by atoms with Crippen LogP contribution in [0, 0.1) is 5.92 Å². The zero-order valence-corrected chi connectivity index (χ0v) is 16.9. The lowest BCUT2D eigenvalue weighted by Crippen LogP contribution is -2.38. The predicted octanol–water partition coefficient (Wildman–Crippen LogP) is 1.39. The summed E-state index contributed by atoms with van der Waals surface area (Å²) in [6.45, 7) is 2.70. The number of rotatable bonds is 4. The third-order valence-corrected chi connectivity index (χ3v) is 5.30. The molecule has 0 aliphatic carbocycles. The van der Waals surface area contributed by atoms with Crippen molar-refractivity contribution in [1.29, 1.82) is 0 Å². The Morgan fingerprint density at radius 3 is 2.63 bits per heavy atom. The van der Waals surface area contributed by atoms with Crippen molar-refractivity contribution in [1.82, 2.24) is 24.6 Å². The van der Waals surface area contributed by atoms with Crippen LogP contribution >= 0.6 is 0 Å². The highest BCUT2D eigenvalue weighted by Crippen LogP contribution is 2.21. The summed E-state index contributed by atoms with van der Waals surface area (Å²) in [4.78, 5) is 37.5. The number of nitrogens with zero attached hydrogens (tertiary/aromatic N) is 6. The van der Waals surface area contributed by atoms with E-state index in [1.165, 1.54) is 16.8 Å². The van der Waals surface area contributed by atoms with E-state index in [-0.39, 0.29) is 23.1 Å². The molecule has 2 aromatic heterocycles. The van der Waals surface area contributed by atoms with Gasteiger partial charge in [-0.2, -0.15) is 5.10 Å². The van der Waals surface area contributed by atoms with Crippen molar-refractivity contribution < 1.29 is 4.79 Å². The summed E-state index contributed by atoms with van der Waals surface area (Å²) in [5.74, 6) is 0.0190. The number of benzene rings is 1. The van der Waals surface area contributed by atoms with Gasteiger partial charge in [0.15, 0.2) is 0 Å². The lowest BCUT2D eigenvalue weighted by Gasteiger charge is -2.25. The number of hydrogen-bond donors (Lipinski definition) is 0. The third kappa shape index (κ3) is 4.53. The van der Waals surface area contributed by atoms with Crippen molar-refractivity contribution in [2.75, 3.05) is 31.1 Å². The van der Waals surface area contributed by atoms with Gasteiger partial charge in [-0.05, 0) is 30.5 Å². The Morgan fingerprint density at radius 2 is 1.90 bits per heavy atom. The normalized spacial score (nSPS) is 16.9. The summed E-state index contributed by atoms with van der Waals surface area (Å²) in [6.07, 6.45) is 5.85. The van der Waals surface area contributed by atoms with Crippen molar-refractivity contribution in [3.63, 3.8) is 0 Å². The monoisotopic (exact) mass is 404 g/mol. The standard InChI is InChI=1S/C22H24N6O2/c1-26-21(29)8-7-20(25-26)22(30)28-12-11-27(19-5-3-2-4-6-19)15-17(16-28)13-18-14-23-9-10-24-18/h2-10,14,17H,11-13,15-16H2,1H3/t17-/m1/s1. The Balaban J connectivity index is 1.59. The molecule has 1 saturated heterocycles. The zero-order valence-electron chi connectivity index (χ0n) is 16.9. The van der Waals surface area contributed by atoms with Crippen LogP contribution in [-0.4, -0.2) is 56.7 Å². The van der Waals surface area contributed by atoms with Gasteiger partial charge in [-0.15, -0.1) is 0 Å². The Bertz CT molecular complexity index is 1050. The minimum atomic E-state index is -0.238. The Kier molecular flexibility index (Phi) is 5.83. The average molecular weight is 404 g/mol. The van der Waals surface area contributed by atoms with Crippen molar-refractivity contribution in [2.45, 2.75) is 6.42 Å². The van der Waals surface area contributed by atoms with E-state index in [0.717, 1.165) is 30.9 Å². The molecule has 1 aromatic carbocycles. The molecule has 0 spiro atoms. The largest absolute Gasteiger partial charge is 0.369 e. The number of aryl methyl sites for hydroxylation is 1. The molecule has 0 radical (unpaired) electrons. The molecular weight excluding hydrogens is 380 g/mol. The van der Waals surface area contributed by atoms with Crippen LogP contribution in [0.5, 0.6) is 0 Å². The Hall–Kier alpha value is -3.55. The second-order valence-corrected chi connectivity index (χ2v) is 7.48. The van der Waals surface area contributed by atoms with Gasteiger partial charge in [0, 0.05) is 63.6 Å². The van der Waals surface area contributed by atoms with Crippen LogP contribution in [0.3, 0.4) is 0 Å². The molecule has 1 fully saturated rings. The summed E-state index contributed by atoms with van der Waals surface area (Å²) < 4.78 is 1.19. The fourth-order valence-electron chi connectivity index (χ4n) is 3.80. The number of carbonyl (C=O) groups is 1. The first-order chi connectivity index (χ1) is 14.6.